The van der Waals surface area contributed by atoms with Gasteiger partial charge in [0.25, 0.3) is 0 Å². The van der Waals surface area contributed by atoms with E-state index in [4.69, 9.17) is 4.74 Å². The molecule has 0 aliphatic carbocycles. The van der Waals surface area contributed by atoms with Gasteiger partial charge in [0, 0.05) is 18.6 Å². The first-order valence-corrected chi connectivity index (χ1v) is 6.90. The zero-order chi connectivity index (χ0) is 15.4. The number of benzene rings is 2. The van der Waals surface area contributed by atoms with Crippen LogP contribution in [0.3, 0.4) is 0 Å². The van der Waals surface area contributed by atoms with Gasteiger partial charge in [0.2, 0.25) is 5.88 Å². The number of aromatic nitrogens is 2. The molecule has 1 heterocycles. The Morgan fingerprint density at radius 2 is 1.41 bits per heavy atom. The van der Waals surface area contributed by atoms with Gasteiger partial charge in [-0.2, -0.15) is 0 Å². The van der Waals surface area contributed by atoms with E-state index in [0.717, 1.165) is 16.8 Å². The summed E-state index contributed by atoms with van der Waals surface area (Å²) in [6.07, 6.45) is 0. The number of nitrogens with zero attached hydrogens (tertiary/aromatic N) is 2. The van der Waals surface area contributed by atoms with E-state index < -0.39 is 5.97 Å². The molecule has 0 saturated heterocycles. The van der Waals surface area contributed by atoms with E-state index in [0.29, 0.717) is 0 Å². The molecule has 108 valence electrons. The number of esters is 1. The van der Waals surface area contributed by atoms with Crippen LogP contribution >= 0.6 is 0 Å². The molecular weight excluding hydrogens is 276 g/mol. The molecular formula is C18H14N2O2. The van der Waals surface area contributed by atoms with E-state index in [1.165, 1.54) is 12.5 Å². The van der Waals surface area contributed by atoms with E-state index >= 15 is 0 Å². The van der Waals surface area contributed by atoms with Crippen LogP contribution in [0.5, 0.6) is 5.88 Å². The van der Waals surface area contributed by atoms with Crippen molar-refractivity contribution in [1.82, 2.24) is 10.2 Å². The van der Waals surface area contributed by atoms with Crippen molar-refractivity contribution in [1.29, 1.82) is 0 Å². The van der Waals surface area contributed by atoms with Crippen LogP contribution in [0.15, 0.2) is 66.7 Å². The van der Waals surface area contributed by atoms with Gasteiger partial charge in [-0.1, -0.05) is 54.6 Å². The fourth-order valence-electron chi connectivity index (χ4n) is 2.14. The molecule has 4 nitrogen and oxygen atoms in total. The van der Waals surface area contributed by atoms with Crippen LogP contribution in [0.1, 0.15) is 6.92 Å². The Bertz CT molecular complexity index is 766. The first-order chi connectivity index (χ1) is 10.7. The van der Waals surface area contributed by atoms with Gasteiger partial charge >= 0.3 is 5.97 Å². The number of hydrogen-bond donors (Lipinski definition) is 0. The summed E-state index contributed by atoms with van der Waals surface area (Å²) in [5.41, 5.74) is 4.01. The highest BCUT2D eigenvalue weighted by molar-refractivity contribution is 5.70. The Morgan fingerprint density at radius 3 is 2.00 bits per heavy atom. The maximum Gasteiger partial charge on any atom is 0.309 e. The summed E-state index contributed by atoms with van der Waals surface area (Å²) in [5, 5.41) is 7.96. The quantitative estimate of drug-likeness (QED) is 0.690. The highest BCUT2D eigenvalue weighted by Crippen LogP contribution is 2.23. The number of hydrogen-bond acceptors (Lipinski definition) is 4. The van der Waals surface area contributed by atoms with Crippen molar-refractivity contribution in [2.45, 2.75) is 6.92 Å². The Kier molecular flexibility index (Phi) is 3.92. The largest absolute Gasteiger partial charge is 0.406 e. The Morgan fingerprint density at radius 1 is 0.773 bits per heavy atom. The second kappa shape index (κ2) is 6.18. The minimum Gasteiger partial charge on any atom is -0.406 e. The summed E-state index contributed by atoms with van der Waals surface area (Å²) in [6, 6.07) is 21.7. The van der Waals surface area contributed by atoms with Crippen LogP contribution in [0.25, 0.3) is 22.4 Å². The molecule has 0 unspecified atom stereocenters. The second-order valence-corrected chi connectivity index (χ2v) is 4.79. The lowest BCUT2D eigenvalue weighted by atomic mass is 10.0. The van der Waals surface area contributed by atoms with E-state index in [1.54, 1.807) is 12.1 Å². The zero-order valence-corrected chi connectivity index (χ0v) is 12.1. The summed E-state index contributed by atoms with van der Waals surface area (Å²) >= 11 is 0. The molecule has 0 N–H and O–H groups in total. The lowest BCUT2D eigenvalue weighted by molar-refractivity contribution is -0.132. The van der Waals surface area contributed by atoms with Crippen LogP contribution in [-0.4, -0.2) is 16.2 Å². The number of carbonyl (C=O) groups is 1. The average Bonchev–Trinajstić information content (AvgIpc) is 2.56. The standard InChI is InChI=1S/C18H14N2O2/c1-13(21)22-18-12-11-17(19-20-18)16-9-7-15(8-10-16)14-5-3-2-4-6-14/h2-12H,1H3. The average molecular weight is 290 g/mol. The molecule has 0 saturated carbocycles. The van der Waals surface area contributed by atoms with Crippen molar-refractivity contribution >= 4 is 5.97 Å². The third kappa shape index (κ3) is 3.17. The molecule has 0 spiro atoms. The molecule has 4 heteroatoms. The summed E-state index contributed by atoms with van der Waals surface area (Å²) in [5.74, 6) is -0.202. The number of ether oxygens (including phenoxy) is 1. The molecule has 2 aromatic carbocycles. The maximum atomic E-state index is 10.9. The minimum atomic E-state index is -0.408. The first kappa shape index (κ1) is 13.9. The van der Waals surface area contributed by atoms with Crippen LogP contribution in [0, 0.1) is 0 Å². The van der Waals surface area contributed by atoms with Crippen LogP contribution in [-0.2, 0) is 4.79 Å². The molecule has 0 aliphatic heterocycles. The highest BCUT2D eigenvalue weighted by Gasteiger charge is 2.04. The van der Waals surface area contributed by atoms with Gasteiger partial charge in [-0.3, -0.25) is 4.79 Å². The number of rotatable bonds is 3. The van der Waals surface area contributed by atoms with Crippen LogP contribution in [0.2, 0.25) is 0 Å². The van der Waals surface area contributed by atoms with Crippen molar-refractivity contribution in [2.75, 3.05) is 0 Å². The van der Waals surface area contributed by atoms with E-state index in [9.17, 15) is 4.79 Å². The van der Waals surface area contributed by atoms with Crippen molar-refractivity contribution in [3.63, 3.8) is 0 Å². The normalized spacial score (nSPS) is 10.2. The minimum absolute atomic E-state index is 0.206. The SMILES string of the molecule is CC(=O)Oc1ccc(-c2ccc(-c3ccccc3)cc2)nn1. The van der Waals surface area contributed by atoms with E-state index in [1.807, 2.05) is 42.5 Å². The molecule has 3 aromatic rings. The number of carbonyl (C=O) groups excluding carboxylic acids is 1. The monoisotopic (exact) mass is 290 g/mol. The summed E-state index contributed by atoms with van der Waals surface area (Å²) in [4.78, 5) is 10.9. The lowest BCUT2D eigenvalue weighted by Gasteiger charge is -2.04. The molecule has 0 amide bonds. The zero-order valence-electron chi connectivity index (χ0n) is 12.1. The molecule has 0 aliphatic rings. The smallest absolute Gasteiger partial charge is 0.309 e. The summed E-state index contributed by atoms with van der Waals surface area (Å²) in [7, 11) is 0. The van der Waals surface area contributed by atoms with Gasteiger partial charge in [0.1, 0.15) is 0 Å². The maximum absolute atomic E-state index is 10.9. The van der Waals surface area contributed by atoms with Gasteiger partial charge in [-0.25, -0.2) is 0 Å². The molecule has 0 bridgehead atoms. The molecule has 3 rings (SSSR count). The summed E-state index contributed by atoms with van der Waals surface area (Å²) < 4.78 is 4.87. The van der Waals surface area contributed by atoms with E-state index in [-0.39, 0.29) is 5.88 Å². The second-order valence-electron chi connectivity index (χ2n) is 4.79. The molecule has 0 radical (unpaired) electrons. The van der Waals surface area contributed by atoms with E-state index in [2.05, 4.69) is 22.3 Å². The predicted octanol–water partition coefficient (Wildman–Crippen LogP) is 3.74. The Balaban J connectivity index is 1.82. The highest BCUT2D eigenvalue weighted by atomic mass is 16.5. The molecule has 22 heavy (non-hydrogen) atoms. The van der Waals surface area contributed by atoms with Crippen molar-refractivity contribution in [3.8, 4) is 28.3 Å². The first-order valence-electron chi connectivity index (χ1n) is 6.90. The predicted molar refractivity (Wildman–Crippen MR) is 84.2 cm³/mol. The molecule has 1 aromatic heterocycles. The van der Waals surface area contributed by atoms with Crippen molar-refractivity contribution in [3.05, 3.63) is 66.7 Å². The lowest BCUT2D eigenvalue weighted by Crippen LogP contribution is -2.03. The third-order valence-electron chi connectivity index (χ3n) is 3.18. The van der Waals surface area contributed by atoms with Crippen molar-refractivity contribution < 1.29 is 9.53 Å². The Hall–Kier alpha value is -3.01. The van der Waals surface area contributed by atoms with Crippen LogP contribution < -0.4 is 4.74 Å². The van der Waals surface area contributed by atoms with Crippen LogP contribution in [0.4, 0.5) is 0 Å². The molecule has 0 atom stereocenters. The van der Waals surface area contributed by atoms with Gasteiger partial charge in [0.15, 0.2) is 0 Å². The summed E-state index contributed by atoms with van der Waals surface area (Å²) in [6.45, 7) is 1.33. The molecule has 0 fully saturated rings. The topological polar surface area (TPSA) is 52.1 Å². The third-order valence-corrected chi connectivity index (χ3v) is 3.18. The fourth-order valence-corrected chi connectivity index (χ4v) is 2.14. The van der Waals surface area contributed by atoms with Gasteiger partial charge in [-0.05, 0) is 17.2 Å². The van der Waals surface area contributed by atoms with Crippen molar-refractivity contribution in [2.24, 2.45) is 0 Å². The van der Waals surface area contributed by atoms with Gasteiger partial charge in [0.05, 0.1) is 5.69 Å². The fraction of sp³-hybridized carbons (Fsp3) is 0.0556. The van der Waals surface area contributed by atoms with Gasteiger partial charge in [-0.15, -0.1) is 10.2 Å². The van der Waals surface area contributed by atoms with Gasteiger partial charge < -0.3 is 4.74 Å². The Labute approximate surface area is 128 Å².